The molecule has 0 atom stereocenters. The minimum Gasteiger partial charge on any atom is -0.490 e. The molecular weight excluding hydrogens is 332 g/mol. The summed E-state index contributed by atoms with van der Waals surface area (Å²) in [6, 6.07) is 5.83. The second kappa shape index (κ2) is 5.64. The Bertz CT molecular complexity index is 696. The molecule has 0 bridgehead atoms. The van der Waals surface area contributed by atoms with E-state index in [4.69, 9.17) is 4.74 Å². The summed E-state index contributed by atoms with van der Waals surface area (Å²) in [5.74, 6) is 0.712. The van der Waals surface area contributed by atoms with Crippen LogP contribution in [0.2, 0.25) is 0 Å². The number of nitrogens with zero attached hydrogens (tertiary/aromatic N) is 1. The van der Waals surface area contributed by atoms with Crippen molar-refractivity contribution in [3.63, 3.8) is 0 Å². The van der Waals surface area contributed by atoms with E-state index in [-0.39, 0.29) is 11.9 Å². The lowest BCUT2D eigenvalue weighted by Crippen LogP contribution is -2.30. The number of halogens is 1. The summed E-state index contributed by atoms with van der Waals surface area (Å²) in [5, 5.41) is 3.77. The van der Waals surface area contributed by atoms with Crippen molar-refractivity contribution in [2.24, 2.45) is 0 Å². The van der Waals surface area contributed by atoms with E-state index in [1.165, 1.54) is 0 Å². The van der Waals surface area contributed by atoms with Crippen molar-refractivity contribution in [2.45, 2.75) is 38.8 Å². The molecular formula is C16H17BrN2O2. The number of hydrogen-bond donors (Lipinski definition) is 1. The monoisotopic (exact) mass is 348 g/mol. The zero-order chi connectivity index (χ0) is 15.0. The second-order valence-corrected chi connectivity index (χ2v) is 6.50. The molecule has 2 aromatic rings. The number of benzene rings is 1. The van der Waals surface area contributed by atoms with Crippen LogP contribution in [0.1, 0.15) is 37.0 Å². The highest BCUT2D eigenvalue weighted by atomic mass is 79.9. The number of carbonyl (C=O) groups is 1. The predicted octanol–water partition coefficient (Wildman–Crippen LogP) is 3.68. The zero-order valence-electron chi connectivity index (χ0n) is 12.0. The summed E-state index contributed by atoms with van der Waals surface area (Å²) in [4.78, 5) is 16.4. The molecule has 21 heavy (non-hydrogen) atoms. The van der Waals surface area contributed by atoms with Gasteiger partial charge in [0.05, 0.1) is 17.2 Å². The molecule has 1 heterocycles. The second-order valence-electron chi connectivity index (χ2n) is 5.65. The summed E-state index contributed by atoms with van der Waals surface area (Å²) in [6.07, 6.45) is 4.18. The molecule has 0 radical (unpaired) electrons. The third-order valence-corrected chi connectivity index (χ3v) is 3.82. The van der Waals surface area contributed by atoms with Crippen LogP contribution >= 0.6 is 15.9 Å². The first-order valence-corrected chi connectivity index (χ1v) is 7.89. The van der Waals surface area contributed by atoms with Crippen LogP contribution in [0.5, 0.6) is 5.75 Å². The fourth-order valence-electron chi connectivity index (χ4n) is 2.10. The van der Waals surface area contributed by atoms with Crippen molar-refractivity contribution in [3.05, 3.63) is 34.4 Å². The molecule has 4 nitrogen and oxygen atoms in total. The summed E-state index contributed by atoms with van der Waals surface area (Å²) >= 11 is 3.52. The molecule has 1 fully saturated rings. The van der Waals surface area contributed by atoms with E-state index < -0.39 is 0 Å². The summed E-state index contributed by atoms with van der Waals surface area (Å²) in [5.41, 5.74) is 1.39. The van der Waals surface area contributed by atoms with Gasteiger partial charge in [-0.3, -0.25) is 9.78 Å². The molecule has 1 aliphatic rings. The lowest BCUT2D eigenvalue weighted by molar-refractivity contribution is 0.0943. The van der Waals surface area contributed by atoms with Gasteiger partial charge in [0.2, 0.25) is 0 Å². The van der Waals surface area contributed by atoms with Gasteiger partial charge in [0.25, 0.3) is 5.91 Å². The highest BCUT2D eigenvalue weighted by Crippen LogP contribution is 2.32. The first kappa shape index (κ1) is 14.3. The highest BCUT2D eigenvalue weighted by molar-refractivity contribution is 9.10. The fourth-order valence-corrected chi connectivity index (χ4v) is 2.65. The Balaban J connectivity index is 1.96. The lowest BCUT2D eigenvalue weighted by Gasteiger charge is -2.10. The first-order valence-electron chi connectivity index (χ1n) is 7.10. The van der Waals surface area contributed by atoms with E-state index in [0.29, 0.717) is 11.7 Å². The number of amides is 1. The van der Waals surface area contributed by atoms with Gasteiger partial charge in [0.1, 0.15) is 5.75 Å². The Hall–Kier alpha value is -1.62. The number of fused-ring (bicyclic) bond motifs is 1. The standard InChI is InChI=1S/C16H17BrN2O2/c1-9(2)19-16(20)11-5-10-6-13(21-12-3-4-12)7-14(17)15(10)18-8-11/h5-9,12H,3-4H2,1-2H3,(H,19,20). The Morgan fingerprint density at radius 2 is 2.14 bits per heavy atom. The summed E-state index contributed by atoms with van der Waals surface area (Å²) in [7, 11) is 0. The van der Waals surface area contributed by atoms with E-state index >= 15 is 0 Å². The third-order valence-electron chi connectivity index (χ3n) is 3.22. The topological polar surface area (TPSA) is 51.2 Å². The molecule has 5 heteroatoms. The van der Waals surface area contributed by atoms with E-state index in [9.17, 15) is 4.79 Å². The van der Waals surface area contributed by atoms with Crippen molar-refractivity contribution >= 4 is 32.7 Å². The smallest absolute Gasteiger partial charge is 0.253 e. The number of ether oxygens (including phenoxy) is 1. The maximum atomic E-state index is 12.1. The molecule has 1 amide bonds. The Labute approximate surface area is 132 Å². The predicted molar refractivity (Wildman–Crippen MR) is 85.7 cm³/mol. The number of aromatic nitrogens is 1. The van der Waals surface area contributed by atoms with Crippen LogP contribution in [-0.2, 0) is 0 Å². The van der Waals surface area contributed by atoms with Gasteiger partial charge in [-0.05, 0) is 60.8 Å². The van der Waals surface area contributed by atoms with Crippen molar-refractivity contribution in [1.82, 2.24) is 10.3 Å². The van der Waals surface area contributed by atoms with Crippen LogP contribution < -0.4 is 10.1 Å². The Kier molecular flexibility index (Phi) is 3.85. The van der Waals surface area contributed by atoms with Crippen molar-refractivity contribution < 1.29 is 9.53 Å². The van der Waals surface area contributed by atoms with E-state index in [2.05, 4.69) is 26.2 Å². The number of rotatable bonds is 4. The molecule has 1 aromatic heterocycles. The minimum absolute atomic E-state index is 0.101. The average Bonchev–Trinajstić information content (AvgIpc) is 3.21. The SMILES string of the molecule is CC(C)NC(=O)c1cnc2c(Br)cc(OC3CC3)cc2c1. The maximum Gasteiger partial charge on any atom is 0.253 e. The van der Waals surface area contributed by atoms with Crippen LogP contribution in [-0.4, -0.2) is 23.0 Å². The molecule has 1 N–H and O–H groups in total. The van der Waals surface area contributed by atoms with Crippen LogP contribution in [0.4, 0.5) is 0 Å². The number of nitrogens with one attached hydrogen (secondary N) is 1. The van der Waals surface area contributed by atoms with Crippen molar-refractivity contribution in [3.8, 4) is 5.75 Å². The molecule has 1 aliphatic carbocycles. The van der Waals surface area contributed by atoms with Crippen molar-refractivity contribution in [1.29, 1.82) is 0 Å². The minimum atomic E-state index is -0.107. The van der Waals surface area contributed by atoms with Gasteiger partial charge in [-0.15, -0.1) is 0 Å². The first-order chi connectivity index (χ1) is 10.0. The van der Waals surface area contributed by atoms with Gasteiger partial charge in [-0.2, -0.15) is 0 Å². The molecule has 0 saturated heterocycles. The molecule has 3 rings (SSSR count). The van der Waals surface area contributed by atoms with Crippen molar-refractivity contribution in [2.75, 3.05) is 0 Å². The Morgan fingerprint density at radius 3 is 2.81 bits per heavy atom. The van der Waals surface area contributed by atoms with Gasteiger partial charge in [0, 0.05) is 22.1 Å². The largest absolute Gasteiger partial charge is 0.490 e. The quantitative estimate of drug-likeness (QED) is 0.916. The van der Waals surface area contributed by atoms with Gasteiger partial charge in [-0.25, -0.2) is 0 Å². The Morgan fingerprint density at radius 1 is 1.38 bits per heavy atom. The zero-order valence-corrected chi connectivity index (χ0v) is 13.6. The van der Waals surface area contributed by atoms with E-state index in [1.807, 2.05) is 32.0 Å². The summed E-state index contributed by atoms with van der Waals surface area (Å²) in [6.45, 7) is 3.87. The normalized spacial score (nSPS) is 14.5. The van der Waals surface area contributed by atoms with Gasteiger partial charge in [0.15, 0.2) is 0 Å². The molecule has 110 valence electrons. The van der Waals surface area contributed by atoms with E-state index in [1.54, 1.807) is 6.20 Å². The molecule has 0 spiro atoms. The van der Waals surface area contributed by atoms with Gasteiger partial charge >= 0.3 is 0 Å². The molecule has 1 saturated carbocycles. The molecule has 0 unspecified atom stereocenters. The number of carbonyl (C=O) groups excluding carboxylic acids is 1. The molecule has 0 aliphatic heterocycles. The van der Waals surface area contributed by atoms with Crippen LogP contribution in [0.3, 0.4) is 0 Å². The van der Waals surface area contributed by atoms with Gasteiger partial charge in [-0.1, -0.05) is 0 Å². The van der Waals surface area contributed by atoms with E-state index in [0.717, 1.165) is 34.0 Å². The summed E-state index contributed by atoms with van der Waals surface area (Å²) < 4.78 is 6.70. The van der Waals surface area contributed by atoms with Gasteiger partial charge < -0.3 is 10.1 Å². The molecule has 1 aromatic carbocycles. The highest BCUT2D eigenvalue weighted by Gasteiger charge is 2.24. The average molecular weight is 349 g/mol. The number of pyridine rings is 1. The number of hydrogen-bond acceptors (Lipinski definition) is 3. The third kappa shape index (κ3) is 3.35. The van der Waals surface area contributed by atoms with Crippen LogP contribution in [0.15, 0.2) is 28.9 Å². The fraction of sp³-hybridized carbons (Fsp3) is 0.375. The van der Waals surface area contributed by atoms with Crippen LogP contribution in [0, 0.1) is 0 Å². The lowest BCUT2D eigenvalue weighted by atomic mass is 10.1. The van der Waals surface area contributed by atoms with Crippen LogP contribution in [0.25, 0.3) is 10.9 Å². The maximum absolute atomic E-state index is 12.1.